The second kappa shape index (κ2) is 6.44. The molecule has 0 unspecified atom stereocenters. The predicted molar refractivity (Wildman–Crippen MR) is 71.1 cm³/mol. The van der Waals surface area contributed by atoms with Crippen LogP contribution in [0, 0.1) is 0 Å². The number of amides is 2. The lowest BCUT2D eigenvalue weighted by atomic mass is 10.2. The van der Waals surface area contributed by atoms with E-state index in [0.29, 0.717) is 10.7 Å². The van der Waals surface area contributed by atoms with Gasteiger partial charge in [-0.2, -0.15) is 0 Å². The maximum Gasteiger partial charge on any atom is 0.573 e. The molecule has 1 heterocycles. The van der Waals surface area contributed by atoms with Crippen LogP contribution in [0.4, 0.5) is 23.1 Å². The van der Waals surface area contributed by atoms with Crippen LogP contribution in [-0.4, -0.2) is 17.4 Å². The topological polar surface area (TPSA) is 63.2 Å². The van der Waals surface area contributed by atoms with Crippen molar-refractivity contribution in [3.8, 4) is 5.75 Å². The fourth-order valence-corrected chi connectivity index (χ4v) is 1.94. The number of benzene rings is 1. The molecule has 0 fully saturated rings. The number of hydrogen-bond donors (Lipinski definition) is 2. The number of carbonyl (C=O) groups is 1. The van der Waals surface area contributed by atoms with Gasteiger partial charge in [-0.15, -0.1) is 24.5 Å². The second-order valence-electron chi connectivity index (χ2n) is 3.84. The number of anilines is 1. The average molecular weight is 317 g/mol. The van der Waals surface area contributed by atoms with Gasteiger partial charge in [0.2, 0.25) is 0 Å². The van der Waals surface area contributed by atoms with E-state index < -0.39 is 12.4 Å². The van der Waals surface area contributed by atoms with E-state index in [9.17, 15) is 18.0 Å². The van der Waals surface area contributed by atoms with Crippen LogP contribution in [0.5, 0.6) is 5.75 Å². The Bertz CT molecular complexity index is 585. The number of rotatable bonds is 4. The first kappa shape index (κ1) is 15.1. The summed E-state index contributed by atoms with van der Waals surface area (Å²) in [6.07, 6.45) is -3.16. The summed E-state index contributed by atoms with van der Waals surface area (Å²) in [5.74, 6) is -0.307. The molecule has 0 aliphatic carbocycles. The summed E-state index contributed by atoms with van der Waals surface area (Å²) >= 11 is 1.27. The fraction of sp³-hybridized carbons (Fsp3) is 0.167. The largest absolute Gasteiger partial charge is 0.573 e. The van der Waals surface area contributed by atoms with E-state index in [-0.39, 0.29) is 12.3 Å². The number of halogens is 3. The number of alkyl halides is 3. The molecule has 1 aromatic heterocycles. The zero-order valence-electron chi connectivity index (χ0n) is 10.5. The van der Waals surface area contributed by atoms with Crippen LogP contribution in [0.25, 0.3) is 0 Å². The molecule has 0 spiro atoms. The molecule has 1 aromatic carbocycles. The molecule has 0 radical (unpaired) electrons. The molecule has 9 heteroatoms. The molecular weight excluding hydrogens is 307 g/mol. The lowest BCUT2D eigenvalue weighted by Crippen LogP contribution is -2.28. The molecule has 2 rings (SSSR count). The summed E-state index contributed by atoms with van der Waals surface area (Å²) in [5.41, 5.74) is 0.638. The highest BCUT2D eigenvalue weighted by atomic mass is 32.1. The minimum absolute atomic E-state index is 0.170. The van der Waals surface area contributed by atoms with Crippen LogP contribution >= 0.6 is 11.3 Å². The Labute approximate surface area is 121 Å². The zero-order valence-corrected chi connectivity index (χ0v) is 11.3. The predicted octanol–water partition coefficient (Wildman–Crippen LogP) is 3.36. The zero-order chi connectivity index (χ0) is 15.3. The molecule has 0 saturated carbocycles. The summed E-state index contributed by atoms with van der Waals surface area (Å²) in [4.78, 5) is 15.4. The summed E-state index contributed by atoms with van der Waals surface area (Å²) in [6, 6.07) is 4.79. The van der Waals surface area contributed by atoms with Crippen molar-refractivity contribution in [2.45, 2.75) is 12.9 Å². The van der Waals surface area contributed by atoms with Gasteiger partial charge in [0, 0.05) is 18.1 Å². The van der Waals surface area contributed by atoms with Crippen molar-refractivity contribution in [1.29, 1.82) is 0 Å². The molecule has 2 N–H and O–H groups in total. The molecule has 0 aliphatic heterocycles. The van der Waals surface area contributed by atoms with E-state index in [2.05, 4.69) is 20.4 Å². The highest BCUT2D eigenvalue weighted by molar-refractivity contribution is 7.13. The van der Waals surface area contributed by atoms with Gasteiger partial charge in [-0.1, -0.05) is 12.1 Å². The second-order valence-corrected chi connectivity index (χ2v) is 4.73. The minimum atomic E-state index is -4.71. The van der Waals surface area contributed by atoms with Crippen molar-refractivity contribution in [3.63, 3.8) is 0 Å². The first-order valence-corrected chi connectivity index (χ1v) is 6.59. The van der Waals surface area contributed by atoms with Gasteiger partial charge in [0.15, 0.2) is 5.13 Å². The molecule has 2 amide bonds. The van der Waals surface area contributed by atoms with E-state index in [1.54, 1.807) is 11.6 Å². The van der Waals surface area contributed by atoms with E-state index in [4.69, 9.17) is 0 Å². The van der Waals surface area contributed by atoms with E-state index in [1.807, 2.05) is 0 Å². The standard InChI is InChI=1S/C12H10F3N3O2S/c13-12(14,15)20-9-3-1-8(2-4-9)7-17-10(19)18-11-16-5-6-21-11/h1-6H,7H2,(H2,16,17,18,19). The van der Waals surface area contributed by atoms with Crippen molar-refractivity contribution in [2.24, 2.45) is 0 Å². The molecule has 5 nitrogen and oxygen atoms in total. The first-order chi connectivity index (χ1) is 9.92. The third-order valence-corrected chi connectivity index (χ3v) is 2.95. The van der Waals surface area contributed by atoms with Gasteiger partial charge in [0.1, 0.15) is 5.75 Å². The van der Waals surface area contributed by atoms with Gasteiger partial charge >= 0.3 is 12.4 Å². The summed E-state index contributed by atoms with van der Waals surface area (Å²) in [7, 11) is 0. The van der Waals surface area contributed by atoms with Crippen LogP contribution in [0.15, 0.2) is 35.8 Å². The maximum absolute atomic E-state index is 12.0. The van der Waals surface area contributed by atoms with Crippen LogP contribution < -0.4 is 15.4 Å². The minimum Gasteiger partial charge on any atom is -0.406 e. The maximum atomic E-state index is 12.0. The Balaban J connectivity index is 1.82. The van der Waals surface area contributed by atoms with Crippen LogP contribution in [0.3, 0.4) is 0 Å². The molecule has 21 heavy (non-hydrogen) atoms. The number of aromatic nitrogens is 1. The fourth-order valence-electron chi connectivity index (χ4n) is 1.42. The first-order valence-electron chi connectivity index (χ1n) is 5.71. The lowest BCUT2D eigenvalue weighted by molar-refractivity contribution is -0.274. The summed E-state index contributed by atoms with van der Waals surface area (Å²) in [6.45, 7) is 0.170. The third kappa shape index (κ3) is 5.30. The highest BCUT2D eigenvalue weighted by Gasteiger charge is 2.30. The molecule has 0 aliphatic rings. The Morgan fingerprint density at radius 1 is 1.29 bits per heavy atom. The summed E-state index contributed by atoms with van der Waals surface area (Å²) in [5, 5.41) is 7.25. The van der Waals surface area contributed by atoms with Gasteiger partial charge < -0.3 is 10.1 Å². The molecule has 2 aromatic rings. The molecule has 0 saturated heterocycles. The molecule has 112 valence electrons. The SMILES string of the molecule is O=C(NCc1ccc(OC(F)(F)F)cc1)Nc1nccs1. The molecule has 0 atom stereocenters. The van der Waals surface area contributed by atoms with Gasteiger partial charge in [-0.3, -0.25) is 5.32 Å². The Kier molecular flexibility index (Phi) is 4.63. The van der Waals surface area contributed by atoms with E-state index in [1.165, 1.54) is 35.6 Å². The number of thiazole rings is 1. The van der Waals surface area contributed by atoms with Crippen molar-refractivity contribution >= 4 is 22.5 Å². The Morgan fingerprint density at radius 3 is 2.57 bits per heavy atom. The number of nitrogens with one attached hydrogen (secondary N) is 2. The van der Waals surface area contributed by atoms with Crippen molar-refractivity contribution in [3.05, 3.63) is 41.4 Å². The summed E-state index contributed by atoms with van der Waals surface area (Å²) < 4.78 is 39.7. The monoisotopic (exact) mass is 317 g/mol. The van der Waals surface area contributed by atoms with Gasteiger partial charge in [0.05, 0.1) is 0 Å². The van der Waals surface area contributed by atoms with Gasteiger partial charge in [-0.05, 0) is 17.7 Å². The number of hydrogen-bond acceptors (Lipinski definition) is 4. The normalized spacial score (nSPS) is 11.0. The molecule has 0 bridgehead atoms. The van der Waals surface area contributed by atoms with Crippen LogP contribution in [-0.2, 0) is 6.54 Å². The van der Waals surface area contributed by atoms with Crippen LogP contribution in [0.2, 0.25) is 0 Å². The Hall–Kier alpha value is -2.29. The lowest BCUT2D eigenvalue weighted by Gasteiger charge is -2.09. The van der Waals surface area contributed by atoms with Gasteiger partial charge in [0.25, 0.3) is 0 Å². The van der Waals surface area contributed by atoms with E-state index >= 15 is 0 Å². The van der Waals surface area contributed by atoms with Crippen molar-refractivity contribution in [2.75, 3.05) is 5.32 Å². The van der Waals surface area contributed by atoms with Crippen molar-refractivity contribution in [1.82, 2.24) is 10.3 Å². The van der Waals surface area contributed by atoms with Crippen molar-refractivity contribution < 1.29 is 22.7 Å². The number of ether oxygens (including phenoxy) is 1. The molecular formula is C12H10F3N3O2S. The Morgan fingerprint density at radius 2 is 2.00 bits per heavy atom. The number of nitrogens with zero attached hydrogens (tertiary/aromatic N) is 1. The highest BCUT2D eigenvalue weighted by Crippen LogP contribution is 2.22. The quantitative estimate of drug-likeness (QED) is 0.909. The third-order valence-electron chi connectivity index (χ3n) is 2.26. The average Bonchev–Trinajstić information content (AvgIpc) is 2.89. The number of carbonyl (C=O) groups excluding carboxylic acids is 1. The van der Waals surface area contributed by atoms with E-state index in [0.717, 1.165) is 0 Å². The number of urea groups is 1. The van der Waals surface area contributed by atoms with Gasteiger partial charge in [-0.25, -0.2) is 9.78 Å². The van der Waals surface area contributed by atoms with Crippen LogP contribution in [0.1, 0.15) is 5.56 Å². The smallest absolute Gasteiger partial charge is 0.406 e.